The molecule has 2 heterocycles. The second-order valence-electron chi connectivity index (χ2n) is 9.03. The van der Waals surface area contributed by atoms with Crippen molar-refractivity contribution in [2.45, 2.75) is 38.9 Å². The van der Waals surface area contributed by atoms with Crippen LogP contribution < -0.4 is 20.3 Å². The number of rotatable bonds is 12. The van der Waals surface area contributed by atoms with E-state index in [1.807, 2.05) is 44.2 Å². The molecule has 11 nitrogen and oxygen atoms in total. The molecule has 4 aromatic rings. The maximum atomic E-state index is 11.5. The highest BCUT2D eigenvalue weighted by Crippen LogP contribution is 2.30. The zero-order valence-electron chi connectivity index (χ0n) is 21.9. The van der Waals surface area contributed by atoms with Gasteiger partial charge in [-0.3, -0.25) is 14.6 Å². The van der Waals surface area contributed by atoms with Gasteiger partial charge < -0.3 is 25.0 Å². The van der Waals surface area contributed by atoms with Crippen LogP contribution in [0.15, 0.2) is 61.1 Å². The summed E-state index contributed by atoms with van der Waals surface area (Å²) in [4.78, 5) is 29.0. The highest BCUT2D eigenvalue weighted by molar-refractivity contribution is 5.91. The zero-order chi connectivity index (χ0) is 27.8. The van der Waals surface area contributed by atoms with E-state index >= 15 is 0 Å². The van der Waals surface area contributed by atoms with Gasteiger partial charge in [0.15, 0.2) is 0 Å². The Bertz CT molecular complexity index is 1420. The number of pyridine rings is 1. The number of aryl methyl sites for hydroxylation is 2. The van der Waals surface area contributed by atoms with E-state index in [4.69, 9.17) is 9.47 Å². The van der Waals surface area contributed by atoms with Crippen LogP contribution in [0.4, 0.5) is 11.5 Å². The van der Waals surface area contributed by atoms with E-state index < -0.39 is 18.1 Å². The predicted octanol–water partition coefficient (Wildman–Crippen LogP) is 3.74. The molecule has 0 fully saturated rings. The Hall–Kier alpha value is -4.32. The molecular weight excluding hydrogens is 502 g/mol. The number of carbonyl (C=O) groups excluding carboxylic acids is 1. The molecule has 1 amide bonds. The van der Waals surface area contributed by atoms with Gasteiger partial charge in [0.05, 0.1) is 37.5 Å². The predicted molar refractivity (Wildman–Crippen MR) is 145 cm³/mol. The van der Waals surface area contributed by atoms with Crippen LogP contribution in [0, 0.1) is 13.8 Å². The number of benzene rings is 2. The molecule has 0 aliphatic carbocycles. The lowest BCUT2D eigenvalue weighted by atomic mass is 10.1. The molecule has 0 saturated carbocycles. The Morgan fingerprint density at radius 3 is 2.54 bits per heavy atom. The molecule has 2 atom stereocenters. The standard InChI is InChI=1S/C28H31N5O6/c1-17-10-19(5-9-26(17)39-23-6-4-18(2)29-14-23)32-28-24-13-22(7-8-25(24)30-16-31-28)38-15-21(35)11-20(34)12-27(36)33-37-3/h4-10,13-14,16,20-21,34-35H,11-12,15H2,1-3H3,(H,33,36)(H,30,31,32). The van der Waals surface area contributed by atoms with Gasteiger partial charge in [-0.05, 0) is 67.9 Å². The molecule has 11 heteroatoms. The number of hydrogen-bond donors (Lipinski definition) is 4. The maximum absolute atomic E-state index is 11.5. The molecule has 4 N–H and O–H groups in total. The fourth-order valence-electron chi connectivity index (χ4n) is 3.87. The third kappa shape index (κ3) is 7.84. The van der Waals surface area contributed by atoms with Crippen LogP contribution in [0.2, 0.25) is 0 Å². The van der Waals surface area contributed by atoms with Crippen LogP contribution in [0.5, 0.6) is 17.2 Å². The molecule has 0 aliphatic rings. The van der Waals surface area contributed by atoms with Gasteiger partial charge in [-0.2, -0.15) is 0 Å². The Morgan fingerprint density at radius 2 is 1.79 bits per heavy atom. The summed E-state index contributed by atoms with van der Waals surface area (Å²) in [7, 11) is 1.31. The number of fused-ring (bicyclic) bond motifs is 1. The normalized spacial score (nSPS) is 12.5. The Labute approximate surface area is 225 Å². The number of aromatic nitrogens is 3. The molecule has 2 aromatic heterocycles. The molecule has 0 radical (unpaired) electrons. The maximum Gasteiger partial charge on any atom is 0.246 e. The minimum absolute atomic E-state index is 0.0277. The molecule has 0 aliphatic heterocycles. The van der Waals surface area contributed by atoms with Crippen molar-refractivity contribution in [1.82, 2.24) is 20.4 Å². The lowest BCUT2D eigenvalue weighted by Crippen LogP contribution is -2.30. The van der Waals surface area contributed by atoms with Gasteiger partial charge in [0.25, 0.3) is 0 Å². The molecular formula is C28H31N5O6. The highest BCUT2D eigenvalue weighted by atomic mass is 16.6. The van der Waals surface area contributed by atoms with Crippen LogP contribution >= 0.6 is 0 Å². The van der Waals surface area contributed by atoms with E-state index in [9.17, 15) is 15.0 Å². The van der Waals surface area contributed by atoms with Crippen LogP contribution in [0.3, 0.4) is 0 Å². The summed E-state index contributed by atoms with van der Waals surface area (Å²) in [6.45, 7) is 3.81. The van der Waals surface area contributed by atoms with Crippen molar-refractivity contribution in [3.05, 3.63) is 72.3 Å². The highest BCUT2D eigenvalue weighted by Gasteiger charge is 2.17. The average Bonchev–Trinajstić information content (AvgIpc) is 2.90. The second-order valence-corrected chi connectivity index (χ2v) is 9.03. The van der Waals surface area contributed by atoms with Crippen molar-refractivity contribution in [3.8, 4) is 17.2 Å². The number of aliphatic hydroxyl groups is 2. The number of aliphatic hydroxyl groups excluding tert-OH is 2. The van der Waals surface area contributed by atoms with E-state index in [0.29, 0.717) is 22.8 Å². The summed E-state index contributed by atoms with van der Waals surface area (Å²) in [6, 6.07) is 14.8. The smallest absolute Gasteiger partial charge is 0.246 e. The van der Waals surface area contributed by atoms with Crippen molar-refractivity contribution in [3.63, 3.8) is 0 Å². The number of hydroxylamine groups is 1. The second kappa shape index (κ2) is 13.0. The number of hydrogen-bond acceptors (Lipinski definition) is 10. The Morgan fingerprint density at radius 1 is 0.974 bits per heavy atom. The van der Waals surface area contributed by atoms with Gasteiger partial charge in [-0.15, -0.1) is 0 Å². The molecule has 0 spiro atoms. The van der Waals surface area contributed by atoms with Crippen molar-refractivity contribution in [2.75, 3.05) is 19.0 Å². The van der Waals surface area contributed by atoms with Gasteiger partial charge >= 0.3 is 0 Å². The summed E-state index contributed by atoms with van der Waals surface area (Å²) in [5.74, 6) is 1.99. The fourth-order valence-corrected chi connectivity index (χ4v) is 3.87. The molecule has 0 bridgehead atoms. The number of anilines is 2. The summed E-state index contributed by atoms with van der Waals surface area (Å²) in [6.07, 6.45) is 0.938. The molecule has 4 rings (SSSR count). The first kappa shape index (κ1) is 27.7. The third-order valence-electron chi connectivity index (χ3n) is 5.78. The minimum Gasteiger partial charge on any atom is -0.491 e. The van der Waals surface area contributed by atoms with Crippen molar-refractivity contribution in [1.29, 1.82) is 0 Å². The van der Waals surface area contributed by atoms with Gasteiger partial charge in [0, 0.05) is 23.2 Å². The first-order valence-electron chi connectivity index (χ1n) is 12.3. The zero-order valence-corrected chi connectivity index (χ0v) is 21.9. The topological polar surface area (TPSA) is 148 Å². The minimum atomic E-state index is -1.03. The number of carbonyl (C=O) groups is 1. The number of nitrogens with one attached hydrogen (secondary N) is 2. The van der Waals surface area contributed by atoms with Gasteiger partial charge in [-0.25, -0.2) is 15.4 Å². The molecule has 204 valence electrons. The largest absolute Gasteiger partial charge is 0.491 e. The number of amides is 1. The Kier molecular flexibility index (Phi) is 9.21. The average molecular weight is 534 g/mol. The third-order valence-corrected chi connectivity index (χ3v) is 5.78. The number of nitrogens with zero attached hydrogens (tertiary/aromatic N) is 3. The van der Waals surface area contributed by atoms with E-state index in [1.54, 1.807) is 24.4 Å². The van der Waals surface area contributed by atoms with Gasteiger partial charge in [0.2, 0.25) is 5.91 Å². The van der Waals surface area contributed by atoms with Crippen molar-refractivity contribution in [2.24, 2.45) is 0 Å². The quantitative estimate of drug-likeness (QED) is 0.199. The summed E-state index contributed by atoms with van der Waals surface area (Å²) in [5, 5.41) is 24.3. The number of ether oxygens (including phenoxy) is 2. The van der Waals surface area contributed by atoms with Crippen LogP contribution in [0.1, 0.15) is 24.1 Å². The molecule has 2 unspecified atom stereocenters. The van der Waals surface area contributed by atoms with E-state index in [-0.39, 0.29) is 19.4 Å². The van der Waals surface area contributed by atoms with Crippen LogP contribution in [0.25, 0.3) is 10.9 Å². The first-order valence-corrected chi connectivity index (χ1v) is 12.3. The SMILES string of the molecule is CONC(=O)CC(O)CC(O)COc1ccc2ncnc(Nc3ccc(Oc4ccc(C)nc4)c(C)c3)c2c1. The lowest BCUT2D eigenvalue weighted by molar-refractivity contribution is -0.133. The van der Waals surface area contributed by atoms with Crippen LogP contribution in [-0.2, 0) is 9.63 Å². The van der Waals surface area contributed by atoms with Crippen molar-refractivity contribution < 1.29 is 29.3 Å². The Balaban J connectivity index is 1.41. The molecule has 2 aromatic carbocycles. The van der Waals surface area contributed by atoms with Crippen LogP contribution in [-0.4, -0.2) is 57.0 Å². The van der Waals surface area contributed by atoms with Crippen molar-refractivity contribution >= 4 is 28.3 Å². The lowest BCUT2D eigenvalue weighted by Gasteiger charge is -2.16. The first-order chi connectivity index (χ1) is 18.8. The van der Waals surface area contributed by atoms with Gasteiger partial charge in [-0.1, -0.05) is 0 Å². The van der Waals surface area contributed by atoms with E-state index in [0.717, 1.165) is 28.1 Å². The summed E-state index contributed by atoms with van der Waals surface area (Å²) >= 11 is 0. The summed E-state index contributed by atoms with van der Waals surface area (Å²) < 4.78 is 11.7. The summed E-state index contributed by atoms with van der Waals surface area (Å²) in [5.41, 5.74) is 5.50. The molecule has 0 saturated heterocycles. The van der Waals surface area contributed by atoms with E-state index in [1.165, 1.54) is 13.4 Å². The van der Waals surface area contributed by atoms with Gasteiger partial charge in [0.1, 0.15) is 36.0 Å². The van der Waals surface area contributed by atoms with E-state index in [2.05, 4.69) is 30.6 Å². The monoisotopic (exact) mass is 533 g/mol. The molecule has 39 heavy (non-hydrogen) atoms. The fraction of sp³-hybridized carbons (Fsp3) is 0.286.